The smallest absolute Gasteiger partial charge is 0.277 e. The third-order valence-corrected chi connectivity index (χ3v) is 4.62. The van der Waals surface area contributed by atoms with E-state index in [0.717, 1.165) is 10.0 Å². The Balaban J connectivity index is 1.45. The fourth-order valence-corrected chi connectivity index (χ4v) is 2.93. The maximum Gasteiger partial charge on any atom is 0.277 e. The van der Waals surface area contributed by atoms with Crippen molar-refractivity contribution in [2.24, 2.45) is 0 Å². The molecule has 0 aliphatic rings. The van der Waals surface area contributed by atoms with Crippen LogP contribution in [0.4, 0.5) is 11.5 Å². The Hall–Kier alpha value is -3.78. The van der Waals surface area contributed by atoms with E-state index in [0.29, 0.717) is 22.8 Å². The summed E-state index contributed by atoms with van der Waals surface area (Å²) in [5.74, 6) is 0.145. The van der Waals surface area contributed by atoms with Crippen LogP contribution in [0.15, 0.2) is 88.0 Å². The van der Waals surface area contributed by atoms with Crippen molar-refractivity contribution in [3.8, 4) is 11.3 Å². The highest BCUT2D eigenvalue weighted by molar-refractivity contribution is 9.10. The molecule has 0 bridgehead atoms. The molecule has 30 heavy (non-hydrogen) atoms. The molecular formula is C22H15BrN4O3. The molecule has 0 saturated heterocycles. The largest absolute Gasteiger partial charge is 0.355 e. The van der Waals surface area contributed by atoms with Gasteiger partial charge in [-0.05, 0) is 46.3 Å². The van der Waals surface area contributed by atoms with E-state index in [9.17, 15) is 9.59 Å². The van der Waals surface area contributed by atoms with E-state index in [1.807, 2.05) is 30.3 Å². The van der Waals surface area contributed by atoms with Gasteiger partial charge in [-0.1, -0.05) is 41.6 Å². The number of nitrogens with one attached hydrogen (secondary N) is 2. The Kier molecular flexibility index (Phi) is 5.67. The fourth-order valence-electron chi connectivity index (χ4n) is 2.69. The van der Waals surface area contributed by atoms with Crippen molar-refractivity contribution in [3.63, 3.8) is 0 Å². The Morgan fingerprint density at radius 2 is 1.70 bits per heavy atom. The van der Waals surface area contributed by atoms with Crippen LogP contribution in [0.2, 0.25) is 0 Å². The highest BCUT2D eigenvalue weighted by Gasteiger charge is 2.15. The summed E-state index contributed by atoms with van der Waals surface area (Å²) in [5.41, 5.74) is 1.80. The van der Waals surface area contributed by atoms with E-state index < -0.39 is 5.91 Å². The van der Waals surface area contributed by atoms with Gasteiger partial charge in [0.1, 0.15) is 5.82 Å². The van der Waals surface area contributed by atoms with Gasteiger partial charge in [0.05, 0.1) is 0 Å². The molecule has 7 nitrogen and oxygen atoms in total. The summed E-state index contributed by atoms with van der Waals surface area (Å²) < 4.78 is 6.07. The van der Waals surface area contributed by atoms with Crippen LogP contribution in [0.3, 0.4) is 0 Å². The molecule has 0 aliphatic heterocycles. The minimum atomic E-state index is -0.437. The summed E-state index contributed by atoms with van der Waals surface area (Å²) in [7, 11) is 0. The quantitative estimate of drug-likeness (QED) is 0.434. The zero-order valence-electron chi connectivity index (χ0n) is 15.5. The van der Waals surface area contributed by atoms with E-state index in [1.165, 1.54) is 0 Å². The number of hydrogen-bond acceptors (Lipinski definition) is 5. The lowest BCUT2D eigenvalue weighted by atomic mass is 10.1. The average molecular weight is 463 g/mol. The zero-order chi connectivity index (χ0) is 20.9. The number of benzene rings is 2. The molecule has 2 heterocycles. The van der Waals surface area contributed by atoms with Crippen LogP contribution in [-0.2, 0) is 0 Å². The highest BCUT2D eigenvalue weighted by atomic mass is 79.9. The molecule has 2 aromatic heterocycles. The number of rotatable bonds is 5. The van der Waals surface area contributed by atoms with Gasteiger partial charge in [0.15, 0.2) is 11.5 Å². The molecule has 4 aromatic rings. The van der Waals surface area contributed by atoms with Crippen LogP contribution in [0, 0.1) is 0 Å². The Morgan fingerprint density at radius 1 is 0.867 bits per heavy atom. The van der Waals surface area contributed by atoms with Crippen molar-refractivity contribution in [2.45, 2.75) is 0 Å². The first kappa shape index (κ1) is 19.5. The minimum absolute atomic E-state index is 0.141. The predicted octanol–water partition coefficient (Wildman–Crippen LogP) is 5.00. The molecule has 4 rings (SSSR count). The minimum Gasteiger partial charge on any atom is -0.355 e. The summed E-state index contributed by atoms with van der Waals surface area (Å²) >= 11 is 3.30. The maximum atomic E-state index is 12.5. The van der Waals surface area contributed by atoms with Crippen LogP contribution in [0.25, 0.3) is 11.3 Å². The summed E-state index contributed by atoms with van der Waals surface area (Å²) in [6.45, 7) is 0. The third-order valence-electron chi connectivity index (χ3n) is 4.15. The molecule has 0 unspecified atom stereocenters. The van der Waals surface area contributed by atoms with Gasteiger partial charge in [0.25, 0.3) is 11.8 Å². The molecule has 2 aromatic carbocycles. The lowest BCUT2D eigenvalue weighted by Gasteiger charge is -2.07. The molecule has 2 amide bonds. The van der Waals surface area contributed by atoms with E-state index in [1.54, 1.807) is 48.7 Å². The van der Waals surface area contributed by atoms with Gasteiger partial charge in [-0.25, -0.2) is 4.98 Å². The molecule has 0 spiro atoms. The number of pyridine rings is 1. The third kappa shape index (κ3) is 4.61. The number of carbonyl (C=O) groups excluding carboxylic acids is 2. The number of anilines is 2. The lowest BCUT2D eigenvalue weighted by Crippen LogP contribution is -2.15. The summed E-state index contributed by atoms with van der Waals surface area (Å²) in [6.07, 6.45) is 1.59. The van der Waals surface area contributed by atoms with Gasteiger partial charge < -0.3 is 15.2 Å². The van der Waals surface area contributed by atoms with Crippen molar-refractivity contribution in [1.29, 1.82) is 0 Å². The number of halogens is 1. The number of amides is 2. The molecule has 0 saturated carbocycles. The summed E-state index contributed by atoms with van der Waals surface area (Å²) in [6, 6.07) is 21.0. The monoisotopic (exact) mass is 462 g/mol. The van der Waals surface area contributed by atoms with Crippen LogP contribution in [0.1, 0.15) is 20.8 Å². The molecule has 0 atom stereocenters. The molecule has 2 N–H and O–H groups in total. The van der Waals surface area contributed by atoms with Gasteiger partial charge in [0.2, 0.25) is 0 Å². The first-order chi connectivity index (χ1) is 14.6. The number of carbonyl (C=O) groups is 2. The second kappa shape index (κ2) is 8.71. The molecular weight excluding hydrogens is 448 g/mol. The van der Waals surface area contributed by atoms with Crippen molar-refractivity contribution < 1.29 is 14.1 Å². The first-order valence-corrected chi connectivity index (χ1v) is 9.74. The lowest BCUT2D eigenvalue weighted by molar-refractivity contribution is 0.101. The average Bonchev–Trinajstić information content (AvgIpc) is 3.27. The van der Waals surface area contributed by atoms with Gasteiger partial charge in [0, 0.05) is 33.6 Å². The van der Waals surface area contributed by atoms with Crippen molar-refractivity contribution in [3.05, 3.63) is 94.7 Å². The first-order valence-electron chi connectivity index (χ1n) is 8.95. The van der Waals surface area contributed by atoms with Gasteiger partial charge in [-0.2, -0.15) is 0 Å². The molecule has 0 fully saturated rings. The summed E-state index contributed by atoms with van der Waals surface area (Å²) in [5, 5.41) is 9.27. The van der Waals surface area contributed by atoms with Crippen molar-refractivity contribution in [1.82, 2.24) is 10.1 Å². The van der Waals surface area contributed by atoms with Gasteiger partial charge >= 0.3 is 0 Å². The predicted molar refractivity (Wildman–Crippen MR) is 116 cm³/mol. The standard InChI is InChI=1S/C22H15BrN4O3/c23-16-9-10-20(24-13-16)26-21(28)15-7-4-8-17(11-15)25-22(29)18-12-19(30-27-18)14-5-2-1-3-6-14/h1-13H,(H,25,29)(H,24,26,28). The number of nitrogens with zero attached hydrogens (tertiary/aromatic N) is 2. The molecule has 0 radical (unpaired) electrons. The van der Waals surface area contributed by atoms with Gasteiger partial charge in [-0.3, -0.25) is 9.59 Å². The molecule has 0 aliphatic carbocycles. The highest BCUT2D eigenvalue weighted by Crippen LogP contribution is 2.21. The molecule has 148 valence electrons. The van der Waals surface area contributed by atoms with Crippen molar-refractivity contribution >= 4 is 39.2 Å². The van der Waals surface area contributed by atoms with Crippen LogP contribution in [0.5, 0.6) is 0 Å². The SMILES string of the molecule is O=C(Nc1ccc(Br)cn1)c1cccc(NC(=O)c2cc(-c3ccccc3)on2)c1. The zero-order valence-corrected chi connectivity index (χ0v) is 17.1. The second-order valence-electron chi connectivity index (χ2n) is 6.29. The normalized spacial score (nSPS) is 10.4. The Labute approximate surface area is 180 Å². The molecule has 8 heteroatoms. The van der Waals surface area contributed by atoms with Crippen LogP contribution >= 0.6 is 15.9 Å². The van der Waals surface area contributed by atoms with E-state index in [4.69, 9.17) is 4.52 Å². The van der Waals surface area contributed by atoms with E-state index in [2.05, 4.69) is 36.7 Å². The fraction of sp³-hybridized carbons (Fsp3) is 0. The number of aromatic nitrogens is 2. The maximum absolute atomic E-state index is 12.5. The van der Waals surface area contributed by atoms with Crippen molar-refractivity contribution in [2.75, 3.05) is 10.6 Å². The van der Waals surface area contributed by atoms with E-state index >= 15 is 0 Å². The van der Waals surface area contributed by atoms with Gasteiger partial charge in [-0.15, -0.1) is 0 Å². The topological polar surface area (TPSA) is 97.1 Å². The van der Waals surface area contributed by atoms with Crippen LogP contribution in [-0.4, -0.2) is 22.0 Å². The number of hydrogen-bond donors (Lipinski definition) is 2. The van der Waals surface area contributed by atoms with Crippen LogP contribution < -0.4 is 10.6 Å². The second-order valence-corrected chi connectivity index (χ2v) is 7.21. The summed E-state index contributed by atoms with van der Waals surface area (Å²) in [4.78, 5) is 29.1. The van der Waals surface area contributed by atoms with E-state index in [-0.39, 0.29) is 11.6 Å². The Morgan fingerprint density at radius 3 is 2.47 bits per heavy atom. The Bertz CT molecular complexity index is 1190.